The molecule has 0 aromatic rings. The van der Waals surface area contributed by atoms with Gasteiger partial charge in [0.2, 0.25) is 0 Å². The first kappa shape index (κ1) is 13.5. The van der Waals surface area contributed by atoms with Crippen molar-refractivity contribution in [1.82, 2.24) is 0 Å². The molecule has 0 unspecified atom stereocenters. The second-order valence-corrected chi connectivity index (χ2v) is 7.32. The molecule has 104 valence electrons. The van der Waals surface area contributed by atoms with Crippen LogP contribution in [0.1, 0.15) is 27.7 Å². The summed E-state index contributed by atoms with van der Waals surface area (Å²) in [6.07, 6.45) is -0.418. The summed E-state index contributed by atoms with van der Waals surface area (Å²) in [6.45, 7) is 8.21. The highest BCUT2D eigenvalue weighted by atomic mass is 127. The second kappa shape index (κ2) is 4.26. The number of halogens is 1. The minimum absolute atomic E-state index is 0.0297. The fourth-order valence-corrected chi connectivity index (χ4v) is 3.78. The monoisotopic (exact) mass is 370 g/mol. The largest absolute Gasteiger partial charge is 0.348 e. The van der Waals surface area contributed by atoms with Gasteiger partial charge in [0.05, 0.1) is 10.5 Å². The molecule has 18 heavy (non-hydrogen) atoms. The number of ether oxygens (including phenoxy) is 5. The molecule has 0 spiro atoms. The summed E-state index contributed by atoms with van der Waals surface area (Å²) in [5, 5.41) is 0. The molecule has 0 bridgehead atoms. The van der Waals surface area contributed by atoms with Crippen molar-refractivity contribution in [1.29, 1.82) is 0 Å². The van der Waals surface area contributed by atoms with Crippen LogP contribution in [0.25, 0.3) is 0 Å². The molecule has 3 aliphatic rings. The molecular formula is C12H19IO5. The summed E-state index contributed by atoms with van der Waals surface area (Å²) in [5.41, 5.74) is 0. The van der Waals surface area contributed by atoms with Crippen LogP contribution in [0.2, 0.25) is 0 Å². The molecule has 5 atom stereocenters. The molecule has 3 heterocycles. The van der Waals surface area contributed by atoms with Gasteiger partial charge in [-0.05, 0) is 27.7 Å². The van der Waals surface area contributed by atoms with Crippen molar-refractivity contribution >= 4 is 22.6 Å². The second-order valence-electron chi connectivity index (χ2n) is 5.88. The molecule has 0 amide bonds. The first-order chi connectivity index (χ1) is 8.27. The van der Waals surface area contributed by atoms with Crippen LogP contribution in [0, 0.1) is 0 Å². The lowest BCUT2D eigenvalue weighted by atomic mass is 10.1. The maximum atomic E-state index is 5.95. The zero-order valence-electron chi connectivity index (χ0n) is 11.0. The molecule has 0 radical (unpaired) electrons. The van der Waals surface area contributed by atoms with E-state index in [-0.39, 0.29) is 28.5 Å². The van der Waals surface area contributed by atoms with Gasteiger partial charge in [0.25, 0.3) is 0 Å². The van der Waals surface area contributed by atoms with Crippen LogP contribution in [0.5, 0.6) is 0 Å². The van der Waals surface area contributed by atoms with Gasteiger partial charge in [-0.15, -0.1) is 0 Å². The maximum absolute atomic E-state index is 5.95. The van der Waals surface area contributed by atoms with Crippen molar-refractivity contribution < 1.29 is 23.7 Å². The van der Waals surface area contributed by atoms with Crippen LogP contribution in [0.3, 0.4) is 0 Å². The highest BCUT2D eigenvalue weighted by Gasteiger charge is 2.57. The smallest absolute Gasteiger partial charge is 0.188 e. The van der Waals surface area contributed by atoms with Crippen molar-refractivity contribution in [3.8, 4) is 0 Å². The first-order valence-electron chi connectivity index (χ1n) is 6.24. The molecule has 0 N–H and O–H groups in total. The lowest BCUT2D eigenvalue weighted by Gasteiger charge is -2.26. The molecule has 3 rings (SSSR count). The first-order valence-corrected chi connectivity index (χ1v) is 7.49. The zero-order chi connectivity index (χ0) is 13.1. The molecule has 0 aromatic carbocycles. The molecule has 3 fully saturated rings. The fraction of sp³-hybridized carbons (Fsp3) is 1.00. The van der Waals surface area contributed by atoms with Gasteiger partial charge >= 0.3 is 0 Å². The fourth-order valence-electron chi connectivity index (χ4n) is 2.67. The Hall–Kier alpha value is 0.530. The molecule has 0 saturated carbocycles. The predicted molar refractivity (Wildman–Crippen MR) is 71.4 cm³/mol. The average molecular weight is 370 g/mol. The summed E-state index contributed by atoms with van der Waals surface area (Å²) in [5.74, 6) is -1.08. The molecule has 0 aliphatic carbocycles. The van der Waals surface area contributed by atoms with Gasteiger partial charge in [0.1, 0.15) is 18.3 Å². The Morgan fingerprint density at radius 3 is 2.22 bits per heavy atom. The third-order valence-electron chi connectivity index (χ3n) is 3.40. The van der Waals surface area contributed by atoms with E-state index in [0.29, 0.717) is 6.61 Å². The van der Waals surface area contributed by atoms with Gasteiger partial charge < -0.3 is 23.7 Å². The highest BCUT2D eigenvalue weighted by Crippen LogP contribution is 2.43. The van der Waals surface area contributed by atoms with E-state index in [1.165, 1.54) is 0 Å². The predicted octanol–water partition coefficient (Wildman–Crippen LogP) is 1.82. The summed E-state index contributed by atoms with van der Waals surface area (Å²) < 4.78 is 29.2. The number of hydrogen-bond donors (Lipinski definition) is 0. The number of rotatable bonds is 1. The minimum Gasteiger partial charge on any atom is -0.348 e. The highest BCUT2D eigenvalue weighted by molar-refractivity contribution is 14.1. The number of alkyl halides is 1. The van der Waals surface area contributed by atoms with Crippen molar-refractivity contribution in [3.05, 3.63) is 0 Å². The summed E-state index contributed by atoms with van der Waals surface area (Å²) in [7, 11) is 0. The van der Waals surface area contributed by atoms with E-state index in [0.717, 1.165) is 0 Å². The Kier molecular flexibility index (Phi) is 3.20. The third kappa shape index (κ3) is 2.31. The Morgan fingerprint density at radius 1 is 0.944 bits per heavy atom. The number of fused-ring (bicyclic) bond motifs is 1. The van der Waals surface area contributed by atoms with Crippen LogP contribution in [0.4, 0.5) is 0 Å². The van der Waals surface area contributed by atoms with E-state index in [1.807, 2.05) is 27.7 Å². The topological polar surface area (TPSA) is 46.2 Å². The lowest BCUT2D eigenvalue weighted by Crippen LogP contribution is -2.39. The van der Waals surface area contributed by atoms with E-state index in [4.69, 9.17) is 23.7 Å². The molecule has 5 nitrogen and oxygen atoms in total. The van der Waals surface area contributed by atoms with Crippen molar-refractivity contribution in [2.45, 2.75) is 67.8 Å². The van der Waals surface area contributed by atoms with Crippen molar-refractivity contribution in [2.75, 3.05) is 6.61 Å². The Bertz CT molecular complexity index is 345. The normalized spacial score (nSPS) is 49.5. The molecule has 6 heteroatoms. The molecular weight excluding hydrogens is 351 g/mol. The van der Waals surface area contributed by atoms with Crippen LogP contribution in [-0.2, 0) is 23.7 Å². The average Bonchev–Trinajstić information content (AvgIpc) is 2.81. The van der Waals surface area contributed by atoms with Crippen LogP contribution >= 0.6 is 22.6 Å². The summed E-state index contributed by atoms with van der Waals surface area (Å²) >= 11 is 2.36. The van der Waals surface area contributed by atoms with Crippen molar-refractivity contribution in [2.24, 2.45) is 0 Å². The molecule has 3 saturated heterocycles. The number of hydrogen-bond acceptors (Lipinski definition) is 5. The van der Waals surface area contributed by atoms with Crippen molar-refractivity contribution in [3.63, 3.8) is 0 Å². The van der Waals surface area contributed by atoms with E-state index in [9.17, 15) is 0 Å². The van der Waals surface area contributed by atoms with Gasteiger partial charge in [0.15, 0.2) is 17.9 Å². The van der Waals surface area contributed by atoms with Gasteiger partial charge in [-0.25, -0.2) is 0 Å². The zero-order valence-corrected chi connectivity index (χ0v) is 13.2. The lowest BCUT2D eigenvalue weighted by molar-refractivity contribution is -0.219. The Labute approximate surface area is 121 Å². The Balaban J connectivity index is 1.68. The Morgan fingerprint density at radius 2 is 1.67 bits per heavy atom. The van der Waals surface area contributed by atoms with E-state index in [1.54, 1.807) is 0 Å². The van der Waals surface area contributed by atoms with E-state index < -0.39 is 11.6 Å². The summed E-state index contributed by atoms with van der Waals surface area (Å²) in [6, 6.07) is 0. The molecule has 3 aliphatic heterocycles. The third-order valence-corrected chi connectivity index (χ3v) is 4.82. The molecule has 0 aromatic heterocycles. The standard InChI is InChI=1S/C12H19IO5/c1-11(2)14-5-6(16-11)8-7(13)9-10(15-8)18-12(3,4)17-9/h6-10H,5H2,1-4H3/t6-,7+,8-,9-,10-/m1/s1. The van der Waals surface area contributed by atoms with Gasteiger partial charge in [0, 0.05) is 0 Å². The quantitative estimate of drug-likeness (QED) is 0.521. The van der Waals surface area contributed by atoms with Gasteiger partial charge in [-0.3, -0.25) is 0 Å². The van der Waals surface area contributed by atoms with Crippen LogP contribution in [-0.4, -0.2) is 46.7 Å². The van der Waals surface area contributed by atoms with Gasteiger partial charge in [-0.2, -0.15) is 0 Å². The minimum atomic E-state index is -0.559. The SMILES string of the molecule is CC1(C)O[C@H]2O[C@H]([C@H]3COC(C)(C)O3)[C@H](I)[C@H]2O1. The van der Waals surface area contributed by atoms with E-state index in [2.05, 4.69) is 22.6 Å². The maximum Gasteiger partial charge on any atom is 0.188 e. The van der Waals surface area contributed by atoms with E-state index >= 15 is 0 Å². The van der Waals surface area contributed by atoms with Gasteiger partial charge in [-0.1, -0.05) is 22.6 Å². The van der Waals surface area contributed by atoms with Crippen LogP contribution < -0.4 is 0 Å². The van der Waals surface area contributed by atoms with Crippen LogP contribution in [0.15, 0.2) is 0 Å². The summed E-state index contributed by atoms with van der Waals surface area (Å²) in [4.78, 5) is 0.